The van der Waals surface area contributed by atoms with Crippen LogP contribution >= 0.6 is 11.8 Å². The number of nitrogens with zero attached hydrogens (tertiary/aromatic N) is 2. The van der Waals surface area contributed by atoms with E-state index >= 15 is 0 Å². The molecule has 154 valence electrons. The van der Waals surface area contributed by atoms with Gasteiger partial charge in [-0.15, -0.1) is 11.8 Å². The summed E-state index contributed by atoms with van der Waals surface area (Å²) >= 11 is 1.44. The van der Waals surface area contributed by atoms with Gasteiger partial charge in [0.25, 0.3) is 11.8 Å². The number of thioether (sulfide) groups is 1. The molecular formula is C21H19N3O5S. The third-order valence-electron chi connectivity index (χ3n) is 4.82. The summed E-state index contributed by atoms with van der Waals surface area (Å²) in [5.74, 6) is -0.999. The van der Waals surface area contributed by atoms with Crippen LogP contribution < -0.4 is 10.1 Å². The lowest BCUT2D eigenvalue weighted by molar-refractivity contribution is -0.151. The molecule has 2 amide bonds. The SMILES string of the molecule is O=C(COc1ccccc1)N[C@@H]1C(=O)N2C(C(=O)O)=C(Cc3cccnc3)CS[C@H]12. The number of para-hydroxylation sites is 1. The molecule has 8 nitrogen and oxygen atoms in total. The van der Waals surface area contributed by atoms with Crippen molar-refractivity contribution >= 4 is 29.5 Å². The zero-order chi connectivity index (χ0) is 21.1. The van der Waals surface area contributed by atoms with Crippen LogP contribution in [0.4, 0.5) is 0 Å². The molecule has 0 spiro atoms. The van der Waals surface area contributed by atoms with E-state index in [-0.39, 0.29) is 12.3 Å². The fourth-order valence-corrected chi connectivity index (χ4v) is 4.79. The Balaban J connectivity index is 1.42. The fourth-order valence-electron chi connectivity index (χ4n) is 3.45. The number of hydrogen-bond acceptors (Lipinski definition) is 6. The lowest BCUT2D eigenvalue weighted by Gasteiger charge is -2.49. The van der Waals surface area contributed by atoms with Gasteiger partial charge in [0.15, 0.2) is 6.61 Å². The predicted octanol–water partition coefficient (Wildman–Crippen LogP) is 1.44. The van der Waals surface area contributed by atoms with Crippen LogP contribution in [0.25, 0.3) is 0 Å². The molecular weight excluding hydrogens is 406 g/mol. The van der Waals surface area contributed by atoms with Crippen LogP contribution in [0.3, 0.4) is 0 Å². The number of β-lactam (4-membered cyclic amide) rings is 1. The maximum Gasteiger partial charge on any atom is 0.352 e. The summed E-state index contributed by atoms with van der Waals surface area (Å²) in [6.45, 7) is -0.223. The molecule has 2 aliphatic rings. The third-order valence-corrected chi connectivity index (χ3v) is 6.16. The first-order valence-electron chi connectivity index (χ1n) is 9.30. The molecule has 30 heavy (non-hydrogen) atoms. The monoisotopic (exact) mass is 425 g/mol. The Morgan fingerprint density at radius 2 is 2.03 bits per heavy atom. The van der Waals surface area contributed by atoms with E-state index in [2.05, 4.69) is 10.3 Å². The highest BCUT2D eigenvalue weighted by Gasteiger charge is 2.54. The number of carboxylic acid groups (broad SMARTS) is 1. The first kappa shape index (κ1) is 20.0. The van der Waals surface area contributed by atoms with Crippen LogP contribution in [0.15, 0.2) is 66.1 Å². The Morgan fingerprint density at radius 3 is 2.73 bits per heavy atom. The van der Waals surface area contributed by atoms with Crippen LogP contribution in [0, 0.1) is 0 Å². The van der Waals surface area contributed by atoms with Gasteiger partial charge in [0.05, 0.1) is 0 Å². The summed E-state index contributed by atoms with van der Waals surface area (Å²) in [5, 5.41) is 11.9. The number of fused-ring (bicyclic) bond motifs is 1. The van der Waals surface area contributed by atoms with Gasteiger partial charge in [-0.3, -0.25) is 19.5 Å². The molecule has 0 aliphatic carbocycles. The highest BCUT2D eigenvalue weighted by molar-refractivity contribution is 8.00. The van der Waals surface area contributed by atoms with Crippen molar-refractivity contribution in [2.75, 3.05) is 12.4 Å². The lowest BCUT2D eigenvalue weighted by atomic mass is 9.99. The Hall–Kier alpha value is -3.33. The molecule has 1 fully saturated rings. The van der Waals surface area contributed by atoms with Gasteiger partial charge in [-0.25, -0.2) is 4.79 Å². The number of rotatable bonds is 7. The molecule has 2 aliphatic heterocycles. The third kappa shape index (κ3) is 4.02. The minimum absolute atomic E-state index is 0.00126. The molecule has 2 N–H and O–H groups in total. The number of amides is 2. The number of carboxylic acids is 1. The molecule has 1 saturated heterocycles. The van der Waals surface area contributed by atoms with E-state index < -0.39 is 29.2 Å². The van der Waals surface area contributed by atoms with Crippen LogP contribution in [-0.4, -0.2) is 56.5 Å². The second-order valence-electron chi connectivity index (χ2n) is 6.85. The van der Waals surface area contributed by atoms with E-state index in [1.165, 1.54) is 16.7 Å². The number of ether oxygens (including phenoxy) is 1. The van der Waals surface area contributed by atoms with Gasteiger partial charge in [0.2, 0.25) is 0 Å². The standard InChI is InChI=1S/C21H19N3O5S/c25-16(11-29-15-6-2-1-3-7-15)23-17-19(26)24-18(21(27)28)14(12-30-20(17)24)9-13-5-4-8-22-10-13/h1-8,10,17,20H,9,11-12H2,(H,23,25)(H,27,28)/t17-,20-/m1/s1. The van der Waals surface area contributed by atoms with Gasteiger partial charge in [-0.2, -0.15) is 0 Å². The molecule has 9 heteroatoms. The molecule has 1 aromatic carbocycles. The Kier molecular flexibility index (Phi) is 5.71. The molecule has 1 aromatic heterocycles. The van der Waals surface area contributed by atoms with Gasteiger partial charge in [0, 0.05) is 18.1 Å². The summed E-state index contributed by atoms with van der Waals surface area (Å²) < 4.78 is 5.40. The summed E-state index contributed by atoms with van der Waals surface area (Å²) in [5.41, 5.74) is 1.53. The van der Waals surface area contributed by atoms with E-state index in [1.54, 1.807) is 42.7 Å². The van der Waals surface area contributed by atoms with Gasteiger partial charge < -0.3 is 15.2 Å². The van der Waals surface area contributed by atoms with E-state index in [9.17, 15) is 19.5 Å². The lowest BCUT2D eigenvalue weighted by Crippen LogP contribution is -2.70. The average molecular weight is 425 g/mol. The Morgan fingerprint density at radius 1 is 1.23 bits per heavy atom. The van der Waals surface area contributed by atoms with E-state index in [4.69, 9.17) is 4.74 Å². The summed E-state index contributed by atoms with van der Waals surface area (Å²) in [4.78, 5) is 42.1. The first-order valence-corrected chi connectivity index (χ1v) is 10.4. The minimum atomic E-state index is -1.15. The number of benzene rings is 1. The van der Waals surface area contributed by atoms with Crippen molar-refractivity contribution in [1.82, 2.24) is 15.2 Å². The number of carbonyl (C=O) groups is 3. The quantitative estimate of drug-likeness (QED) is 0.646. The molecule has 4 rings (SSSR count). The number of pyridine rings is 1. The topological polar surface area (TPSA) is 109 Å². The van der Waals surface area contributed by atoms with Crippen molar-refractivity contribution in [3.63, 3.8) is 0 Å². The fraction of sp³-hybridized carbons (Fsp3) is 0.238. The molecule has 2 atom stereocenters. The Bertz CT molecular complexity index is 996. The summed E-state index contributed by atoms with van der Waals surface area (Å²) in [6.07, 6.45) is 3.73. The van der Waals surface area contributed by atoms with Crippen molar-refractivity contribution in [1.29, 1.82) is 0 Å². The van der Waals surface area contributed by atoms with E-state index in [0.717, 1.165) is 5.56 Å². The maximum absolute atomic E-state index is 12.7. The molecule has 0 radical (unpaired) electrons. The highest BCUT2D eigenvalue weighted by Crippen LogP contribution is 2.41. The largest absolute Gasteiger partial charge is 0.484 e. The number of nitrogens with one attached hydrogen (secondary N) is 1. The average Bonchev–Trinajstić information content (AvgIpc) is 2.77. The normalized spacial score (nSPS) is 20.3. The van der Waals surface area contributed by atoms with Crippen molar-refractivity contribution in [3.8, 4) is 5.75 Å². The second kappa shape index (κ2) is 8.58. The van der Waals surface area contributed by atoms with Gasteiger partial charge in [-0.05, 0) is 35.8 Å². The van der Waals surface area contributed by atoms with Crippen LogP contribution in [0.5, 0.6) is 5.75 Å². The zero-order valence-electron chi connectivity index (χ0n) is 15.9. The summed E-state index contributed by atoms with van der Waals surface area (Å²) in [6, 6.07) is 11.8. The van der Waals surface area contributed by atoms with E-state index in [1.807, 2.05) is 12.1 Å². The number of carbonyl (C=O) groups excluding carboxylic acids is 2. The van der Waals surface area contributed by atoms with Crippen molar-refractivity contribution in [3.05, 3.63) is 71.7 Å². The molecule has 3 heterocycles. The number of hydrogen-bond donors (Lipinski definition) is 2. The van der Waals surface area contributed by atoms with Crippen molar-refractivity contribution in [2.45, 2.75) is 17.8 Å². The van der Waals surface area contributed by atoms with Crippen molar-refractivity contribution in [2.24, 2.45) is 0 Å². The number of aromatic nitrogens is 1. The number of aliphatic carboxylic acids is 1. The highest BCUT2D eigenvalue weighted by atomic mass is 32.2. The molecule has 0 unspecified atom stereocenters. The molecule has 2 aromatic rings. The zero-order valence-corrected chi connectivity index (χ0v) is 16.7. The van der Waals surface area contributed by atoms with Gasteiger partial charge >= 0.3 is 5.97 Å². The predicted molar refractivity (Wildman–Crippen MR) is 110 cm³/mol. The van der Waals surface area contributed by atoms with Crippen LogP contribution in [-0.2, 0) is 20.8 Å². The molecule has 0 saturated carbocycles. The minimum Gasteiger partial charge on any atom is -0.484 e. The summed E-state index contributed by atoms with van der Waals surface area (Å²) in [7, 11) is 0. The van der Waals surface area contributed by atoms with Gasteiger partial charge in [-0.1, -0.05) is 24.3 Å². The smallest absolute Gasteiger partial charge is 0.352 e. The second-order valence-corrected chi connectivity index (χ2v) is 7.96. The van der Waals surface area contributed by atoms with Crippen molar-refractivity contribution < 1.29 is 24.2 Å². The molecule has 0 bridgehead atoms. The first-order chi connectivity index (χ1) is 14.5. The van der Waals surface area contributed by atoms with Gasteiger partial charge in [0.1, 0.15) is 22.9 Å². The van der Waals surface area contributed by atoms with E-state index in [0.29, 0.717) is 23.5 Å². The van der Waals surface area contributed by atoms with Crippen LogP contribution in [0.2, 0.25) is 0 Å². The maximum atomic E-state index is 12.7. The van der Waals surface area contributed by atoms with Crippen LogP contribution in [0.1, 0.15) is 5.56 Å². The Labute approximate surface area is 176 Å².